The summed E-state index contributed by atoms with van der Waals surface area (Å²) in [5.41, 5.74) is 1.85. The summed E-state index contributed by atoms with van der Waals surface area (Å²) in [7, 11) is 1.60. The van der Waals surface area contributed by atoms with Crippen molar-refractivity contribution in [2.24, 2.45) is 0 Å². The van der Waals surface area contributed by atoms with Crippen LogP contribution < -0.4 is 10.1 Å². The Morgan fingerprint density at radius 2 is 1.97 bits per heavy atom. The van der Waals surface area contributed by atoms with Crippen LogP contribution in [0.1, 0.15) is 10.4 Å². The van der Waals surface area contributed by atoms with Crippen LogP contribution in [0, 0.1) is 0 Å². The predicted octanol–water partition coefficient (Wildman–Crippen LogP) is 4.99. The van der Waals surface area contributed by atoms with E-state index in [9.17, 15) is 9.59 Å². The molecule has 0 aliphatic heterocycles. The van der Waals surface area contributed by atoms with Crippen LogP contribution in [0.4, 0.5) is 5.13 Å². The highest BCUT2D eigenvalue weighted by atomic mass is 35.5. The molecule has 29 heavy (non-hydrogen) atoms. The van der Waals surface area contributed by atoms with Crippen molar-refractivity contribution in [2.45, 2.75) is 4.90 Å². The van der Waals surface area contributed by atoms with E-state index < -0.39 is 18.5 Å². The molecule has 0 fully saturated rings. The highest BCUT2D eigenvalue weighted by molar-refractivity contribution is 7.98. The molecule has 0 saturated heterocycles. The Morgan fingerprint density at radius 3 is 2.66 bits per heavy atom. The van der Waals surface area contributed by atoms with Crippen molar-refractivity contribution < 1.29 is 19.1 Å². The van der Waals surface area contributed by atoms with Gasteiger partial charge in [0.1, 0.15) is 5.75 Å². The zero-order valence-electron chi connectivity index (χ0n) is 15.6. The molecule has 3 rings (SSSR count). The van der Waals surface area contributed by atoms with E-state index in [0.29, 0.717) is 5.13 Å². The first-order chi connectivity index (χ1) is 14.0. The molecular formula is C20H17ClN2O4S2. The number of rotatable bonds is 7. The Bertz CT molecular complexity index is 1020. The van der Waals surface area contributed by atoms with Crippen LogP contribution >= 0.6 is 34.7 Å². The summed E-state index contributed by atoms with van der Waals surface area (Å²) in [5.74, 6) is -0.382. The predicted molar refractivity (Wildman–Crippen MR) is 116 cm³/mol. The van der Waals surface area contributed by atoms with Gasteiger partial charge in [-0.15, -0.1) is 23.1 Å². The zero-order chi connectivity index (χ0) is 20.8. The number of hydrogen-bond donors (Lipinski definition) is 1. The van der Waals surface area contributed by atoms with E-state index in [1.54, 1.807) is 25.3 Å². The Balaban J connectivity index is 1.57. The first-order valence-corrected chi connectivity index (χ1v) is 10.9. The van der Waals surface area contributed by atoms with Gasteiger partial charge in [-0.1, -0.05) is 11.6 Å². The smallest absolute Gasteiger partial charge is 0.340 e. The van der Waals surface area contributed by atoms with Gasteiger partial charge in [0.15, 0.2) is 11.7 Å². The van der Waals surface area contributed by atoms with E-state index in [-0.39, 0.29) is 10.6 Å². The second-order valence-corrected chi connectivity index (χ2v) is 7.88. The number of benzene rings is 2. The van der Waals surface area contributed by atoms with Gasteiger partial charge in [-0.25, -0.2) is 9.78 Å². The highest BCUT2D eigenvalue weighted by Crippen LogP contribution is 2.27. The Morgan fingerprint density at radius 1 is 1.21 bits per heavy atom. The molecule has 0 unspecified atom stereocenters. The van der Waals surface area contributed by atoms with E-state index >= 15 is 0 Å². The minimum atomic E-state index is -0.654. The first-order valence-electron chi connectivity index (χ1n) is 8.40. The number of thiazole rings is 1. The Labute approximate surface area is 181 Å². The largest absolute Gasteiger partial charge is 0.497 e. The number of carbonyl (C=O) groups is 2. The molecule has 1 amide bonds. The fourth-order valence-corrected chi connectivity index (χ4v) is 3.75. The molecule has 6 nitrogen and oxygen atoms in total. The molecule has 0 spiro atoms. The molecule has 0 bridgehead atoms. The van der Waals surface area contributed by atoms with Crippen molar-refractivity contribution in [3.05, 3.63) is 58.4 Å². The van der Waals surface area contributed by atoms with Crippen LogP contribution in [0.2, 0.25) is 5.02 Å². The molecule has 1 N–H and O–H groups in total. The fourth-order valence-electron chi connectivity index (χ4n) is 2.38. The van der Waals surface area contributed by atoms with Crippen LogP contribution in [-0.4, -0.2) is 36.8 Å². The minimum Gasteiger partial charge on any atom is -0.497 e. The number of nitrogens with one attached hydrogen (secondary N) is 1. The Hall–Kier alpha value is -2.55. The van der Waals surface area contributed by atoms with Gasteiger partial charge in [0.25, 0.3) is 5.91 Å². The minimum absolute atomic E-state index is 0.224. The summed E-state index contributed by atoms with van der Waals surface area (Å²) in [6, 6.07) is 12.5. The van der Waals surface area contributed by atoms with Gasteiger partial charge in [0, 0.05) is 15.8 Å². The van der Waals surface area contributed by atoms with Crippen molar-refractivity contribution in [3.63, 3.8) is 0 Å². The maximum absolute atomic E-state index is 12.2. The lowest BCUT2D eigenvalue weighted by Crippen LogP contribution is -2.21. The van der Waals surface area contributed by atoms with Gasteiger partial charge in [0.05, 0.1) is 23.4 Å². The highest BCUT2D eigenvalue weighted by Gasteiger charge is 2.15. The number of ether oxygens (including phenoxy) is 2. The summed E-state index contributed by atoms with van der Waals surface area (Å²) in [6.07, 6.45) is 1.89. The van der Waals surface area contributed by atoms with Crippen LogP contribution in [0.3, 0.4) is 0 Å². The average Bonchev–Trinajstić information content (AvgIpc) is 3.20. The number of anilines is 1. The maximum atomic E-state index is 12.2. The summed E-state index contributed by atoms with van der Waals surface area (Å²) >= 11 is 8.81. The third-order valence-electron chi connectivity index (χ3n) is 3.86. The van der Waals surface area contributed by atoms with Gasteiger partial charge in [0.2, 0.25) is 0 Å². The summed E-state index contributed by atoms with van der Waals surface area (Å²) in [6.45, 7) is -0.434. The SMILES string of the molecule is COc1ccc(-c2csc(NC(=O)COC(=O)c3cc(SC)ccc3Cl)n2)cc1. The molecule has 0 saturated carbocycles. The number of thioether (sulfide) groups is 1. The topological polar surface area (TPSA) is 77.5 Å². The number of aromatic nitrogens is 1. The average molecular weight is 449 g/mol. The van der Waals surface area contributed by atoms with E-state index in [1.807, 2.05) is 35.9 Å². The lowest BCUT2D eigenvalue weighted by Gasteiger charge is -2.07. The number of esters is 1. The van der Waals surface area contributed by atoms with Gasteiger partial charge in [-0.3, -0.25) is 10.1 Å². The van der Waals surface area contributed by atoms with Crippen LogP contribution in [-0.2, 0) is 9.53 Å². The summed E-state index contributed by atoms with van der Waals surface area (Å²) in [4.78, 5) is 29.6. The Kier molecular flexibility index (Phi) is 7.13. The number of methoxy groups -OCH3 is 1. The first kappa shape index (κ1) is 21.2. The third kappa shape index (κ3) is 5.50. The van der Waals surface area contributed by atoms with Crippen molar-refractivity contribution >= 4 is 51.7 Å². The third-order valence-corrected chi connectivity index (χ3v) is 5.68. The van der Waals surface area contributed by atoms with Crippen LogP contribution in [0.15, 0.2) is 52.7 Å². The molecule has 0 aliphatic carbocycles. The number of carbonyl (C=O) groups excluding carboxylic acids is 2. The standard InChI is InChI=1S/C20H17ClN2O4S2/c1-26-13-5-3-12(4-6-13)17-11-29-20(22-17)23-18(24)10-27-19(25)15-9-14(28-2)7-8-16(15)21/h3-9,11H,10H2,1-2H3,(H,22,23,24). The summed E-state index contributed by atoms with van der Waals surface area (Å²) in [5, 5.41) is 5.15. The molecule has 0 radical (unpaired) electrons. The van der Waals surface area contributed by atoms with Crippen LogP contribution in [0.25, 0.3) is 11.3 Å². The second-order valence-electron chi connectivity index (χ2n) is 5.74. The number of halogens is 1. The number of nitrogens with zero attached hydrogens (tertiary/aromatic N) is 1. The maximum Gasteiger partial charge on any atom is 0.340 e. The zero-order valence-corrected chi connectivity index (χ0v) is 18.0. The number of hydrogen-bond acceptors (Lipinski definition) is 7. The van der Waals surface area contributed by atoms with E-state index in [4.69, 9.17) is 21.1 Å². The van der Waals surface area contributed by atoms with Crippen molar-refractivity contribution in [2.75, 3.05) is 25.3 Å². The van der Waals surface area contributed by atoms with Gasteiger partial charge in [-0.2, -0.15) is 0 Å². The molecule has 9 heteroatoms. The second kappa shape index (κ2) is 9.78. The molecule has 1 aromatic heterocycles. The molecule has 3 aromatic rings. The van der Waals surface area contributed by atoms with Crippen LogP contribution in [0.5, 0.6) is 5.75 Å². The molecule has 2 aromatic carbocycles. The molecule has 0 atom stereocenters. The van der Waals surface area contributed by atoms with Crippen molar-refractivity contribution in [1.29, 1.82) is 0 Å². The van der Waals surface area contributed by atoms with Crippen molar-refractivity contribution in [3.8, 4) is 17.0 Å². The van der Waals surface area contributed by atoms with E-state index in [1.165, 1.54) is 23.1 Å². The summed E-state index contributed by atoms with van der Waals surface area (Å²) < 4.78 is 10.2. The van der Waals surface area contributed by atoms with Crippen molar-refractivity contribution in [1.82, 2.24) is 4.98 Å². The molecule has 150 valence electrons. The lowest BCUT2D eigenvalue weighted by atomic mass is 10.2. The van der Waals surface area contributed by atoms with E-state index in [2.05, 4.69) is 10.3 Å². The fraction of sp³-hybridized carbons (Fsp3) is 0.150. The van der Waals surface area contributed by atoms with Gasteiger partial charge >= 0.3 is 5.97 Å². The monoisotopic (exact) mass is 448 g/mol. The van der Waals surface area contributed by atoms with Gasteiger partial charge < -0.3 is 9.47 Å². The molecule has 1 heterocycles. The molecule has 0 aliphatic rings. The van der Waals surface area contributed by atoms with Gasteiger partial charge in [-0.05, 0) is 48.7 Å². The van der Waals surface area contributed by atoms with E-state index in [0.717, 1.165) is 21.9 Å². The molecular weight excluding hydrogens is 432 g/mol. The normalized spacial score (nSPS) is 10.4. The number of amides is 1. The lowest BCUT2D eigenvalue weighted by molar-refractivity contribution is -0.119. The quantitative estimate of drug-likeness (QED) is 0.405.